The molecule has 96 valence electrons. The molecule has 0 radical (unpaired) electrons. The topological polar surface area (TPSA) is 27.1 Å². The number of alkyl halides is 1. The zero-order chi connectivity index (χ0) is 12.4. The predicted molar refractivity (Wildman–Crippen MR) is 69.9 cm³/mol. The summed E-state index contributed by atoms with van der Waals surface area (Å²) in [6.07, 6.45) is 2.62. The van der Waals surface area contributed by atoms with Gasteiger partial charge in [0.15, 0.2) is 0 Å². The summed E-state index contributed by atoms with van der Waals surface area (Å²) in [5.74, 6) is 0.336. The fourth-order valence-corrected chi connectivity index (χ4v) is 2.87. The lowest BCUT2D eigenvalue weighted by molar-refractivity contribution is 0.0571. The maximum absolute atomic E-state index is 6.33. The Bertz CT molecular complexity index is 392. The second-order valence-electron chi connectivity index (χ2n) is 4.53. The van der Waals surface area contributed by atoms with Crippen molar-refractivity contribution in [3.63, 3.8) is 0 Å². The highest BCUT2D eigenvalue weighted by Gasteiger charge is 2.26. The molecule has 2 atom stereocenters. The molecule has 1 saturated heterocycles. The Kier molecular flexibility index (Phi) is 4.34. The monoisotopic (exact) mass is 276 g/mol. The Morgan fingerprint density at radius 3 is 2.88 bits per heavy atom. The van der Waals surface area contributed by atoms with Gasteiger partial charge in [0, 0.05) is 24.9 Å². The van der Waals surface area contributed by atoms with E-state index >= 15 is 0 Å². The summed E-state index contributed by atoms with van der Waals surface area (Å²) in [5.41, 5.74) is 2.04. The van der Waals surface area contributed by atoms with Gasteiger partial charge in [-0.2, -0.15) is 5.10 Å². The second kappa shape index (κ2) is 5.59. The third-order valence-corrected chi connectivity index (χ3v) is 4.35. The molecule has 1 aliphatic heterocycles. The largest absolute Gasteiger partial charge is 0.381 e. The van der Waals surface area contributed by atoms with Crippen LogP contribution < -0.4 is 0 Å². The van der Waals surface area contributed by atoms with Crippen LogP contribution in [0.15, 0.2) is 0 Å². The minimum atomic E-state index is 0.180. The normalized spacial score (nSPS) is 25.2. The van der Waals surface area contributed by atoms with Crippen molar-refractivity contribution in [1.82, 2.24) is 9.78 Å². The van der Waals surface area contributed by atoms with Gasteiger partial charge in [0.25, 0.3) is 0 Å². The summed E-state index contributed by atoms with van der Waals surface area (Å²) in [6, 6.07) is 0. The summed E-state index contributed by atoms with van der Waals surface area (Å²) in [7, 11) is 1.94. The highest BCUT2D eigenvalue weighted by atomic mass is 35.5. The first-order valence-electron chi connectivity index (χ1n) is 6.05. The first-order valence-corrected chi connectivity index (χ1v) is 6.87. The summed E-state index contributed by atoms with van der Waals surface area (Å²) in [4.78, 5) is 0. The van der Waals surface area contributed by atoms with Gasteiger partial charge in [0.2, 0.25) is 0 Å². The van der Waals surface area contributed by atoms with E-state index in [0.717, 1.165) is 48.9 Å². The summed E-state index contributed by atoms with van der Waals surface area (Å²) >= 11 is 12.7. The van der Waals surface area contributed by atoms with Crippen LogP contribution in [0.25, 0.3) is 0 Å². The lowest BCUT2D eigenvalue weighted by Crippen LogP contribution is -2.30. The van der Waals surface area contributed by atoms with Crippen LogP contribution in [0.5, 0.6) is 0 Å². The van der Waals surface area contributed by atoms with Gasteiger partial charge in [-0.15, -0.1) is 11.6 Å². The Morgan fingerprint density at radius 2 is 2.29 bits per heavy atom. The first kappa shape index (κ1) is 13.2. The third-order valence-electron chi connectivity index (χ3n) is 3.34. The zero-order valence-corrected chi connectivity index (χ0v) is 11.8. The van der Waals surface area contributed by atoms with Crippen LogP contribution >= 0.6 is 23.2 Å². The van der Waals surface area contributed by atoms with Gasteiger partial charge in [-0.05, 0) is 19.3 Å². The average molecular weight is 277 g/mol. The van der Waals surface area contributed by atoms with Crippen molar-refractivity contribution in [3.05, 3.63) is 16.4 Å². The van der Waals surface area contributed by atoms with Crippen molar-refractivity contribution in [2.75, 3.05) is 13.2 Å². The van der Waals surface area contributed by atoms with Crippen LogP contribution in [0, 0.1) is 5.92 Å². The molecule has 0 aliphatic carbocycles. The first-order chi connectivity index (χ1) is 8.13. The SMILES string of the molecule is CCc1nn(C)c(CC2COCCC2Cl)c1Cl. The third kappa shape index (κ3) is 2.78. The lowest BCUT2D eigenvalue weighted by atomic mass is 9.96. The molecule has 1 aromatic rings. The molecular weight excluding hydrogens is 259 g/mol. The number of aromatic nitrogens is 2. The van der Waals surface area contributed by atoms with Gasteiger partial charge < -0.3 is 4.74 Å². The van der Waals surface area contributed by atoms with E-state index in [1.165, 1.54) is 0 Å². The van der Waals surface area contributed by atoms with Crippen molar-refractivity contribution in [2.45, 2.75) is 31.6 Å². The minimum Gasteiger partial charge on any atom is -0.381 e. The van der Waals surface area contributed by atoms with E-state index in [1.54, 1.807) is 0 Å². The smallest absolute Gasteiger partial charge is 0.0849 e. The molecule has 0 aromatic carbocycles. The minimum absolute atomic E-state index is 0.180. The average Bonchev–Trinajstić information content (AvgIpc) is 2.59. The van der Waals surface area contributed by atoms with E-state index in [2.05, 4.69) is 12.0 Å². The number of halogens is 2. The molecule has 5 heteroatoms. The van der Waals surface area contributed by atoms with E-state index < -0.39 is 0 Å². The van der Waals surface area contributed by atoms with Crippen LogP contribution in [0.2, 0.25) is 5.02 Å². The molecule has 0 bridgehead atoms. The molecule has 2 unspecified atom stereocenters. The highest BCUT2D eigenvalue weighted by Crippen LogP contribution is 2.28. The van der Waals surface area contributed by atoms with Crippen molar-refractivity contribution < 1.29 is 4.74 Å². The van der Waals surface area contributed by atoms with Gasteiger partial charge >= 0.3 is 0 Å². The number of hydrogen-bond donors (Lipinski definition) is 0. The van der Waals surface area contributed by atoms with Crippen molar-refractivity contribution >= 4 is 23.2 Å². The molecule has 3 nitrogen and oxygen atoms in total. The van der Waals surface area contributed by atoms with Crippen LogP contribution in [0.4, 0.5) is 0 Å². The number of ether oxygens (including phenoxy) is 1. The lowest BCUT2D eigenvalue weighted by Gasteiger charge is -2.27. The highest BCUT2D eigenvalue weighted by molar-refractivity contribution is 6.31. The van der Waals surface area contributed by atoms with E-state index in [1.807, 2.05) is 11.7 Å². The molecule has 0 spiro atoms. The standard InChI is InChI=1S/C12H18Cl2N2O/c1-3-10-12(14)11(16(2)15-10)6-8-7-17-5-4-9(8)13/h8-9H,3-7H2,1-2H3. The molecular formula is C12H18Cl2N2O. The van der Waals surface area contributed by atoms with Gasteiger partial charge in [-0.1, -0.05) is 18.5 Å². The molecule has 17 heavy (non-hydrogen) atoms. The molecule has 0 saturated carbocycles. The molecule has 0 N–H and O–H groups in total. The van der Waals surface area contributed by atoms with Crippen molar-refractivity contribution in [2.24, 2.45) is 13.0 Å². The Balaban J connectivity index is 2.14. The number of aryl methyl sites for hydroxylation is 2. The van der Waals surface area contributed by atoms with Gasteiger partial charge in [0.05, 0.1) is 23.0 Å². The molecule has 1 aromatic heterocycles. The fourth-order valence-electron chi connectivity index (χ4n) is 2.25. The maximum atomic E-state index is 6.33. The van der Waals surface area contributed by atoms with Gasteiger partial charge in [-0.3, -0.25) is 4.68 Å². The summed E-state index contributed by atoms with van der Waals surface area (Å²) < 4.78 is 7.35. The van der Waals surface area contributed by atoms with E-state index in [-0.39, 0.29) is 5.38 Å². The Labute approximate surface area is 112 Å². The van der Waals surface area contributed by atoms with Crippen LogP contribution in [0.1, 0.15) is 24.7 Å². The Morgan fingerprint density at radius 1 is 1.53 bits per heavy atom. The van der Waals surface area contributed by atoms with Crippen molar-refractivity contribution in [1.29, 1.82) is 0 Å². The quantitative estimate of drug-likeness (QED) is 0.794. The second-order valence-corrected chi connectivity index (χ2v) is 5.47. The fraction of sp³-hybridized carbons (Fsp3) is 0.750. The molecule has 0 amide bonds. The van der Waals surface area contributed by atoms with E-state index in [9.17, 15) is 0 Å². The maximum Gasteiger partial charge on any atom is 0.0849 e. The van der Waals surface area contributed by atoms with Gasteiger partial charge in [0.1, 0.15) is 0 Å². The predicted octanol–water partition coefficient (Wildman–Crippen LogP) is 2.82. The zero-order valence-electron chi connectivity index (χ0n) is 10.2. The number of nitrogens with zero attached hydrogens (tertiary/aromatic N) is 2. The Hall–Kier alpha value is -0.250. The summed E-state index contributed by atoms with van der Waals surface area (Å²) in [6.45, 7) is 3.55. The molecule has 2 rings (SSSR count). The van der Waals surface area contributed by atoms with Crippen LogP contribution in [0.3, 0.4) is 0 Å². The van der Waals surface area contributed by atoms with Crippen molar-refractivity contribution in [3.8, 4) is 0 Å². The number of hydrogen-bond acceptors (Lipinski definition) is 2. The van der Waals surface area contributed by atoms with Gasteiger partial charge in [-0.25, -0.2) is 0 Å². The van der Waals surface area contributed by atoms with Crippen LogP contribution in [-0.4, -0.2) is 28.4 Å². The molecule has 1 fully saturated rings. The number of rotatable bonds is 3. The summed E-state index contributed by atoms with van der Waals surface area (Å²) in [5, 5.41) is 5.40. The molecule has 2 heterocycles. The van der Waals surface area contributed by atoms with E-state index in [4.69, 9.17) is 27.9 Å². The molecule has 1 aliphatic rings. The van der Waals surface area contributed by atoms with E-state index in [0.29, 0.717) is 5.92 Å². The van der Waals surface area contributed by atoms with Crippen LogP contribution in [-0.2, 0) is 24.6 Å².